The van der Waals surface area contributed by atoms with Crippen molar-refractivity contribution in [2.24, 2.45) is 10.2 Å². The van der Waals surface area contributed by atoms with Crippen molar-refractivity contribution in [1.82, 2.24) is 9.38 Å². The summed E-state index contributed by atoms with van der Waals surface area (Å²) in [5.41, 5.74) is 5.76. The van der Waals surface area contributed by atoms with Crippen molar-refractivity contribution in [2.75, 3.05) is 7.11 Å². The number of benzene rings is 2. The van der Waals surface area contributed by atoms with E-state index in [1.165, 1.54) is 5.56 Å². The topological polar surface area (TPSA) is 51.2 Å². The number of para-hydroxylation sites is 1. The van der Waals surface area contributed by atoms with Crippen LogP contribution in [-0.2, 0) is 0 Å². The van der Waals surface area contributed by atoms with Crippen LogP contribution in [0.25, 0.3) is 16.9 Å². The number of hydrogen-bond acceptors (Lipinski definition) is 4. The van der Waals surface area contributed by atoms with Gasteiger partial charge in [0.15, 0.2) is 5.82 Å². The van der Waals surface area contributed by atoms with Crippen molar-refractivity contribution in [1.29, 1.82) is 0 Å². The van der Waals surface area contributed by atoms with Crippen molar-refractivity contribution >= 4 is 17.2 Å². The molecule has 5 nitrogen and oxygen atoms in total. The van der Waals surface area contributed by atoms with Crippen molar-refractivity contribution in [3.63, 3.8) is 0 Å². The minimum Gasteiger partial charge on any atom is -0.494 e. The van der Waals surface area contributed by atoms with Gasteiger partial charge in [-0.1, -0.05) is 42.0 Å². The van der Waals surface area contributed by atoms with E-state index in [2.05, 4.69) is 42.3 Å². The Morgan fingerprint density at radius 2 is 1.74 bits per heavy atom. The maximum Gasteiger partial charge on any atom is 0.187 e. The zero-order chi connectivity index (χ0) is 18.8. The molecular formula is C22H20N4O. The normalized spacial score (nSPS) is 11.4. The molecule has 0 spiro atoms. The molecule has 0 aliphatic carbocycles. The van der Waals surface area contributed by atoms with E-state index in [4.69, 9.17) is 9.72 Å². The van der Waals surface area contributed by atoms with Gasteiger partial charge in [-0.05, 0) is 43.7 Å². The second-order valence-electron chi connectivity index (χ2n) is 6.40. The molecule has 4 rings (SSSR count). The Morgan fingerprint density at radius 1 is 0.926 bits per heavy atom. The van der Waals surface area contributed by atoms with Gasteiger partial charge in [-0.2, -0.15) is 0 Å². The van der Waals surface area contributed by atoms with E-state index in [0.717, 1.165) is 22.5 Å². The Hall–Kier alpha value is -3.47. The van der Waals surface area contributed by atoms with E-state index in [9.17, 15) is 0 Å². The molecule has 0 N–H and O–H groups in total. The van der Waals surface area contributed by atoms with Gasteiger partial charge in [0, 0.05) is 11.8 Å². The highest BCUT2D eigenvalue weighted by Crippen LogP contribution is 2.35. The van der Waals surface area contributed by atoms with E-state index in [1.54, 1.807) is 7.11 Å². The van der Waals surface area contributed by atoms with E-state index in [-0.39, 0.29) is 0 Å². The van der Waals surface area contributed by atoms with Gasteiger partial charge in [0.25, 0.3) is 0 Å². The summed E-state index contributed by atoms with van der Waals surface area (Å²) in [7, 11) is 1.63. The molecule has 4 aromatic rings. The monoisotopic (exact) mass is 356 g/mol. The van der Waals surface area contributed by atoms with Crippen molar-refractivity contribution in [2.45, 2.75) is 13.8 Å². The van der Waals surface area contributed by atoms with Crippen LogP contribution in [0.2, 0.25) is 0 Å². The number of methoxy groups -OCH3 is 1. The van der Waals surface area contributed by atoms with Gasteiger partial charge < -0.3 is 4.74 Å². The Morgan fingerprint density at radius 3 is 2.56 bits per heavy atom. The molecule has 0 aliphatic rings. The number of azo groups is 1. The van der Waals surface area contributed by atoms with Crippen LogP contribution in [0.3, 0.4) is 0 Å². The summed E-state index contributed by atoms with van der Waals surface area (Å²) in [6.07, 6.45) is 1.95. The van der Waals surface area contributed by atoms with Gasteiger partial charge in [-0.15, -0.1) is 10.2 Å². The summed E-state index contributed by atoms with van der Waals surface area (Å²) in [5, 5.41) is 9.00. The number of imidazole rings is 1. The van der Waals surface area contributed by atoms with Gasteiger partial charge in [-0.25, -0.2) is 4.98 Å². The summed E-state index contributed by atoms with van der Waals surface area (Å²) in [6, 6.07) is 19.8. The highest BCUT2D eigenvalue weighted by atomic mass is 16.5. The lowest BCUT2D eigenvalue weighted by molar-refractivity contribution is 0.416. The van der Waals surface area contributed by atoms with E-state index >= 15 is 0 Å². The quantitative estimate of drug-likeness (QED) is 0.418. The summed E-state index contributed by atoms with van der Waals surface area (Å²) in [4.78, 5) is 4.81. The number of hydrogen-bond donors (Lipinski definition) is 0. The predicted octanol–water partition coefficient (Wildman–Crippen LogP) is 6.04. The molecule has 27 heavy (non-hydrogen) atoms. The number of fused-ring (bicyclic) bond motifs is 1. The molecule has 0 bridgehead atoms. The molecule has 2 aromatic carbocycles. The Labute approximate surface area is 158 Å². The molecule has 0 amide bonds. The first-order valence-corrected chi connectivity index (χ1v) is 8.77. The molecular weight excluding hydrogens is 336 g/mol. The zero-order valence-corrected chi connectivity index (χ0v) is 15.5. The lowest BCUT2D eigenvalue weighted by Gasteiger charge is -2.05. The van der Waals surface area contributed by atoms with Crippen molar-refractivity contribution < 1.29 is 4.74 Å². The standard InChI is InChI=1S/C22H20N4O/c1-15-11-12-17(16(2)14-15)21-22(26-13-7-6-10-20(26)23-21)25-24-18-8-4-5-9-19(18)27-3/h4-14H,1-3H3. The second-order valence-corrected chi connectivity index (χ2v) is 6.40. The average molecular weight is 356 g/mol. The molecule has 5 heteroatoms. The van der Waals surface area contributed by atoms with E-state index in [1.807, 2.05) is 53.1 Å². The average Bonchev–Trinajstić information content (AvgIpc) is 3.05. The summed E-state index contributed by atoms with van der Waals surface area (Å²) >= 11 is 0. The third kappa shape index (κ3) is 3.19. The highest BCUT2D eigenvalue weighted by molar-refractivity contribution is 5.76. The van der Waals surface area contributed by atoms with Crippen LogP contribution >= 0.6 is 0 Å². The maximum atomic E-state index is 5.37. The van der Waals surface area contributed by atoms with Gasteiger partial charge in [0.2, 0.25) is 0 Å². The van der Waals surface area contributed by atoms with Crippen LogP contribution in [0.15, 0.2) is 77.1 Å². The molecule has 0 radical (unpaired) electrons. The number of nitrogens with zero attached hydrogens (tertiary/aromatic N) is 4. The van der Waals surface area contributed by atoms with Crippen molar-refractivity contribution in [3.05, 3.63) is 78.0 Å². The van der Waals surface area contributed by atoms with E-state index < -0.39 is 0 Å². The van der Waals surface area contributed by atoms with Crippen LogP contribution < -0.4 is 4.74 Å². The second kappa shape index (κ2) is 7.03. The zero-order valence-electron chi connectivity index (χ0n) is 15.5. The van der Waals surface area contributed by atoms with Crippen LogP contribution in [0, 0.1) is 13.8 Å². The minimum absolute atomic E-state index is 0.678. The molecule has 2 heterocycles. The van der Waals surface area contributed by atoms with Gasteiger partial charge >= 0.3 is 0 Å². The fourth-order valence-corrected chi connectivity index (χ4v) is 3.15. The molecule has 0 atom stereocenters. The van der Waals surface area contributed by atoms with Crippen molar-refractivity contribution in [3.8, 4) is 17.0 Å². The number of pyridine rings is 1. The minimum atomic E-state index is 0.678. The molecule has 0 unspecified atom stereocenters. The first kappa shape index (κ1) is 17.0. The van der Waals surface area contributed by atoms with Crippen LogP contribution in [0.5, 0.6) is 5.75 Å². The van der Waals surface area contributed by atoms with Gasteiger partial charge in [-0.3, -0.25) is 4.40 Å². The van der Waals surface area contributed by atoms with Gasteiger partial charge in [0.1, 0.15) is 22.8 Å². The molecule has 2 aromatic heterocycles. The van der Waals surface area contributed by atoms with Crippen LogP contribution in [0.1, 0.15) is 11.1 Å². The predicted molar refractivity (Wildman–Crippen MR) is 107 cm³/mol. The van der Waals surface area contributed by atoms with E-state index in [0.29, 0.717) is 17.3 Å². The Balaban J connectivity index is 1.90. The molecule has 0 saturated carbocycles. The number of aromatic nitrogens is 2. The lowest BCUT2D eigenvalue weighted by Crippen LogP contribution is -1.86. The van der Waals surface area contributed by atoms with Crippen LogP contribution in [-0.4, -0.2) is 16.5 Å². The molecule has 0 saturated heterocycles. The third-order valence-electron chi connectivity index (χ3n) is 4.48. The molecule has 0 fully saturated rings. The number of ether oxygens (including phenoxy) is 1. The summed E-state index contributed by atoms with van der Waals surface area (Å²) < 4.78 is 7.33. The maximum absolute atomic E-state index is 5.37. The fourth-order valence-electron chi connectivity index (χ4n) is 3.15. The third-order valence-corrected chi connectivity index (χ3v) is 4.48. The Kier molecular flexibility index (Phi) is 4.42. The molecule has 134 valence electrons. The van der Waals surface area contributed by atoms with Crippen LogP contribution in [0.4, 0.5) is 11.5 Å². The largest absolute Gasteiger partial charge is 0.494 e. The lowest BCUT2D eigenvalue weighted by atomic mass is 10.0. The fraction of sp³-hybridized carbons (Fsp3) is 0.136. The Bertz CT molecular complexity index is 1140. The molecule has 0 aliphatic heterocycles. The highest BCUT2D eigenvalue weighted by Gasteiger charge is 2.15. The summed E-state index contributed by atoms with van der Waals surface area (Å²) in [5.74, 6) is 1.38. The smallest absolute Gasteiger partial charge is 0.187 e. The first-order valence-electron chi connectivity index (χ1n) is 8.77. The number of aryl methyl sites for hydroxylation is 2. The van der Waals surface area contributed by atoms with Gasteiger partial charge in [0.05, 0.1) is 7.11 Å². The first-order chi connectivity index (χ1) is 13.2. The summed E-state index contributed by atoms with van der Waals surface area (Å²) in [6.45, 7) is 4.18. The number of rotatable bonds is 4. The SMILES string of the molecule is COc1ccccc1N=Nc1c(-c2ccc(C)cc2C)nc2ccccn12.